The molecule has 0 saturated carbocycles. The molecule has 2 saturated heterocycles. The van der Waals surface area contributed by atoms with E-state index in [9.17, 15) is 13.2 Å². The van der Waals surface area contributed by atoms with Crippen molar-refractivity contribution in [3.63, 3.8) is 0 Å². The van der Waals surface area contributed by atoms with Gasteiger partial charge in [0.2, 0.25) is 15.9 Å². The number of piperidine rings is 1. The molecule has 1 aromatic rings. The van der Waals surface area contributed by atoms with Crippen LogP contribution in [0.3, 0.4) is 0 Å². The summed E-state index contributed by atoms with van der Waals surface area (Å²) in [4.78, 5) is 17.2. The molecule has 0 aromatic heterocycles. The Morgan fingerprint density at radius 2 is 1.69 bits per heavy atom. The maximum absolute atomic E-state index is 12.7. The fourth-order valence-corrected chi connectivity index (χ4v) is 5.26. The highest BCUT2D eigenvalue weighted by Crippen LogP contribution is 2.27. The summed E-state index contributed by atoms with van der Waals surface area (Å²) in [6.45, 7) is 4.61. The zero-order valence-corrected chi connectivity index (χ0v) is 16.1. The summed E-state index contributed by atoms with van der Waals surface area (Å²) >= 11 is 0. The van der Waals surface area contributed by atoms with Gasteiger partial charge in [0.05, 0.1) is 6.26 Å². The van der Waals surface area contributed by atoms with Gasteiger partial charge in [-0.25, -0.2) is 12.7 Å². The van der Waals surface area contributed by atoms with E-state index >= 15 is 0 Å². The average molecular weight is 378 g/mol. The minimum absolute atomic E-state index is 0.0176. The number of benzene rings is 1. The number of carbonyl (C=O) groups is 1. The molecule has 0 N–H and O–H groups in total. The van der Waals surface area contributed by atoms with Crippen LogP contribution < -0.4 is 0 Å². The van der Waals surface area contributed by atoms with Crippen LogP contribution in [0.5, 0.6) is 0 Å². The van der Waals surface area contributed by atoms with E-state index in [4.69, 9.17) is 0 Å². The van der Waals surface area contributed by atoms with Gasteiger partial charge in [0.1, 0.15) is 0 Å². The van der Waals surface area contributed by atoms with Gasteiger partial charge in [0, 0.05) is 51.2 Å². The molecule has 6 nitrogen and oxygen atoms in total. The van der Waals surface area contributed by atoms with Gasteiger partial charge in [0.25, 0.3) is 0 Å². The zero-order valence-electron chi connectivity index (χ0n) is 15.3. The molecule has 3 aliphatic heterocycles. The minimum Gasteiger partial charge on any atom is -0.339 e. The summed E-state index contributed by atoms with van der Waals surface area (Å²) < 4.78 is 24.7. The Kier molecular flexibility index (Phi) is 4.79. The van der Waals surface area contributed by atoms with E-state index in [1.165, 1.54) is 21.7 Å². The molecule has 0 spiro atoms. The van der Waals surface area contributed by atoms with Crippen molar-refractivity contribution in [3.05, 3.63) is 35.4 Å². The molecule has 0 aliphatic carbocycles. The quantitative estimate of drug-likeness (QED) is 0.786. The fourth-order valence-electron chi connectivity index (χ4n) is 4.39. The monoisotopic (exact) mass is 377 g/mol. The summed E-state index contributed by atoms with van der Waals surface area (Å²) in [6, 6.07) is 9.09. The lowest BCUT2D eigenvalue weighted by Gasteiger charge is -2.48. The molecule has 0 unspecified atom stereocenters. The maximum atomic E-state index is 12.7. The lowest BCUT2D eigenvalue weighted by Crippen LogP contribution is -2.63. The van der Waals surface area contributed by atoms with Crippen LogP contribution in [0.2, 0.25) is 0 Å². The normalized spacial score (nSPS) is 23.5. The second-order valence-corrected chi connectivity index (χ2v) is 9.80. The van der Waals surface area contributed by atoms with E-state index in [1.807, 2.05) is 4.90 Å². The van der Waals surface area contributed by atoms with Crippen molar-refractivity contribution in [2.75, 3.05) is 39.0 Å². The Hall–Kier alpha value is -1.44. The first-order chi connectivity index (χ1) is 12.4. The Bertz CT molecular complexity index is 781. The van der Waals surface area contributed by atoms with Gasteiger partial charge in [0.15, 0.2) is 0 Å². The molecular formula is C19H27N3O3S. The Balaban J connectivity index is 1.27. The molecule has 0 radical (unpaired) electrons. The van der Waals surface area contributed by atoms with Crippen LogP contribution in [-0.2, 0) is 27.8 Å². The van der Waals surface area contributed by atoms with Gasteiger partial charge in [-0.15, -0.1) is 0 Å². The summed E-state index contributed by atoms with van der Waals surface area (Å²) in [5, 5.41) is 0. The van der Waals surface area contributed by atoms with Gasteiger partial charge in [-0.3, -0.25) is 9.69 Å². The average Bonchev–Trinajstić information content (AvgIpc) is 2.59. The van der Waals surface area contributed by atoms with Crippen molar-refractivity contribution >= 4 is 15.9 Å². The Morgan fingerprint density at radius 3 is 2.35 bits per heavy atom. The summed E-state index contributed by atoms with van der Waals surface area (Å²) in [5.41, 5.74) is 2.87. The van der Waals surface area contributed by atoms with Crippen molar-refractivity contribution in [2.24, 2.45) is 5.92 Å². The predicted octanol–water partition coefficient (Wildman–Crippen LogP) is 0.927. The van der Waals surface area contributed by atoms with E-state index in [1.54, 1.807) is 0 Å². The number of amides is 1. The first-order valence-electron chi connectivity index (χ1n) is 9.46. The highest BCUT2D eigenvalue weighted by atomic mass is 32.2. The molecule has 26 heavy (non-hydrogen) atoms. The SMILES string of the molecule is CS(=O)(=O)N1CCC(C(=O)N2CC(N3CCc4ccccc4C3)C2)CC1. The summed E-state index contributed by atoms with van der Waals surface area (Å²) in [7, 11) is -3.13. The first kappa shape index (κ1) is 17.9. The molecule has 3 aliphatic rings. The number of fused-ring (bicyclic) bond motifs is 1. The van der Waals surface area contributed by atoms with Gasteiger partial charge >= 0.3 is 0 Å². The lowest BCUT2D eigenvalue weighted by molar-refractivity contribution is -0.144. The number of hydrogen-bond donors (Lipinski definition) is 0. The van der Waals surface area contributed by atoms with E-state index in [0.29, 0.717) is 32.0 Å². The molecule has 3 heterocycles. The standard InChI is InChI=1S/C19H27N3O3S/c1-26(24,25)22-10-7-16(8-11-22)19(23)21-13-18(14-21)20-9-6-15-4-2-3-5-17(15)12-20/h2-5,16,18H,6-14H2,1H3. The van der Waals surface area contributed by atoms with Crippen LogP contribution in [0, 0.1) is 5.92 Å². The van der Waals surface area contributed by atoms with Crippen molar-refractivity contribution in [3.8, 4) is 0 Å². The molecule has 142 valence electrons. The van der Waals surface area contributed by atoms with Gasteiger partial charge < -0.3 is 4.90 Å². The molecule has 1 amide bonds. The number of rotatable bonds is 3. The van der Waals surface area contributed by atoms with Gasteiger partial charge in [-0.2, -0.15) is 0 Å². The van der Waals surface area contributed by atoms with Crippen LogP contribution in [0.15, 0.2) is 24.3 Å². The second kappa shape index (κ2) is 6.94. The number of hydrogen-bond acceptors (Lipinski definition) is 4. The van der Waals surface area contributed by atoms with Crippen LogP contribution in [-0.4, -0.2) is 73.5 Å². The largest absolute Gasteiger partial charge is 0.339 e. The predicted molar refractivity (Wildman–Crippen MR) is 100 cm³/mol. The van der Waals surface area contributed by atoms with E-state index < -0.39 is 10.0 Å². The Morgan fingerprint density at radius 1 is 1.04 bits per heavy atom. The smallest absolute Gasteiger partial charge is 0.225 e. The van der Waals surface area contributed by atoms with Crippen molar-refractivity contribution in [2.45, 2.75) is 31.8 Å². The maximum Gasteiger partial charge on any atom is 0.225 e. The second-order valence-electron chi connectivity index (χ2n) is 7.82. The van der Waals surface area contributed by atoms with Crippen LogP contribution >= 0.6 is 0 Å². The number of likely N-dealkylation sites (tertiary alicyclic amines) is 1. The molecule has 7 heteroatoms. The molecule has 0 atom stereocenters. The van der Waals surface area contributed by atoms with Gasteiger partial charge in [-0.05, 0) is 30.4 Å². The van der Waals surface area contributed by atoms with Crippen LogP contribution in [0.4, 0.5) is 0 Å². The van der Waals surface area contributed by atoms with Crippen LogP contribution in [0.1, 0.15) is 24.0 Å². The first-order valence-corrected chi connectivity index (χ1v) is 11.3. The van der Waals surface area contributed by atoms with E-state index in [2.05, 4.69) is 29.2 Å². The van der Waals surface area contributed by atoms with E-state index in [0.717, 1.165) is 32.6 Å². The van der Waals surface area contributed by atoms with Crippen molar-refractivity contribution < 1.29 is 13.2 Å². The molecule has 1 aromatic carbocycles. The van der Waals surface area contributed by atoms with Crippen LogP contribution in [0.25, 0.3) is 0 Å². The molecule has 0 bridgehead atoms. The highest BCUT2D eigenvalue weighted by molar-refractivity contribution is 7.88. The number of nitrogens with zero attached hydrogens (tertiary/aromatic N) is 3. The molecule has 2 fully saturated rings. The third-order valence-electron chi connectivity index (χ3n) is 6.12. The third kappa shape index (κ3) is 3.52. The Labute approximate surface area is 155 Å². The molecular weight excluding hydrogens is 350 g/mol. The van der Waals surface area contributed by atoms with Crippen molar-refractivity contribution in [1.82, 2.24) is 14.1 Å². The van der Waals surface area contributed by atoms with Gasteiger partial charge in [-0.1, -0.05) is 24.3 Å². The van der Waals surface area contributed by atoms with E-state index in [-0.39, 0.29) is 11.8 Å². The highest BCUT2D eigenvalue weighted by Gasteiger charge is 2.39. The number of sulfonamides is 1. The fraction of sp³-hybridized carbons (Fsp3) is 0.632. The summed E-state index contributed by atoms with van der Waals surface area (Å²) in [6.07, 6.45) is 3.62. The lowest BCUT2D eigenvalue weighted by atomic mass is 9.92. The van der Waals surface area contributed by atoms with Crippen molar-refractivity contribution in [1.29, 1.82) is 0 Å². The summed E-state index contributed by atoms with van der Waals surface area (Å²) in [5.74, 6) is 0.197. The minimum atomic E-state index is -3.13. The topological polar surface area (TPSA) is 60.9 Å². The third-order valence-corrected chi connectivity index (χ3v) is 7.43. The molecule has 4 rings (SSSR count). The number of carbonyl (C=O) groups excluding carboxylic acids is 1. The zero-order chi connectivity index (χ0) is 18.3.